The van der Waals surface area contributed by atoms with E-state index in [0.29, 0.717) is 5.41 Å². The number of benzene rings is 7. The average Bonchev–Trinajstić information content (AvgIpc) is 3.75. The molecule has 0 N–H and O–H groups in total. The summed E-state index contributed by atoms with van der Waals surface area (Å²) in [6.45, 7) is 0. The van der Waals surface area contributed by atoms with Gasteiger partial charge in [-0.3, -0.25) is 0 Å². The second kappa shape index (κ2) is 11.1. The number of para-hydroxylation sites is 1. The van der Waals surface area contributed by atoms with Crippen LogP contribution in [0.5, 0.6) is 0 Å². The second-order valence-electron chi connectivity index (χ2n) is 17.4. The zero-order valence-electron chi connectivity index (χ0n) is 30.8. The molecule has 2 spiro atoms. The fraction of sp³-hybridized carbons (Fsp3) is 0.208. The van der Waals surface area contributed by atoms with Crippen LogP contribution < -0.4 is 4.90 Å². The molecule has 264 valence electrons. The molecule has 0 saturated heterocycles. The molecule has 6 aliphatic carbocycles. The van der Waals surface area contributed by atoms with Crippen LogP contribution in [0.1, 0.15) is 43.2 Å². The van der Waals surface area contributed by atoms with E-state index in [1.54, 1.807) is 11.1 Å². The van der Waals surface area contributed by atoms with E-state index in [-0.39, 0.29) is 5.41 Å². The minimum Gasteiger partial charge on any atom is -0.310 e. The van der Waals surface area contributed by atoms with Gasteiger partial charge in [0.2, 0.25) is 0 Å². The van der Waals surface area contributed by atoms with Crippen molar-refractivity contribution in [2.75, 3.05) is 4.90 Å². The summed E-state index contributed by atoms with van der Waals surface area (Å²) in [6.07, 6.45) is 7.32. The van der Waals surface area contributed by atoms with E-state index in [2.05, 4.69) is 169 Å². The molecule has 14 rings (SSSR count). The third kappa shape index (κ3) is 3.98. The van der Waals surface area contributed by atoms with Crippen LogP contribution in [-0.2, 0) is 5.41 Å². The quantitative estimate of drug-likeness (QED) is 0.171. The fourth-order valence-corrected chi connectivity index (χ4v) is 14.6. The third-order valence-corrected chi connectivity index (χ3v) is 16.3. The van der Waals surface area contributed by atoms with Crippen molar-refractivity contribution in [3.63, 3.8) is 0 Å². The lowest BCUT2D eigenvalue weighted by atomic mass is 9.36. The molecule has 6 atom stereocenters. The summed E-state index contributed by atoms with van der Waals surface area (Å²) in [4.78, 5) is 2.45. The van der Waals surface area contributed by atoms with Crippen molar-refractivity contribution < 1.29 is 0 Å². The average molecular weight is 724 g/mol. The summed E-state index contributed by atoms with van der Waals surface area (Å²) in [5, 5.41) is 2.65. The standard InChI is InChI=1S/C53H41NS/c1-2-10-35(11-3-1)41-12-5-8-16-49(41)54(40-23-24-44-43-14-6-9-17-50(43)55-51(44)30-40)39-21-18-34(19-22-39)36-20-25-47-45(28-36)42-13-4-7-15-46(42)53(47)38-27-33-26-37-32-52(53,31-33)48(37)29-38/h1-25,28,30,33,37-38,48H,26-27,29,31-32H2. The Labute approximate surface area is 326 Å². The zero-order valence-corrected chi connectivity index (χ0v) is 31.6. The Bertz CT molecular complexity index is 2850. The first-order valence-corrected chi connectivity index (χ1v) is 21.2. The van der Waals surface area contributed by atoms with Crippen molar-refractivity contribution in [3.8, 4) is 33.4 Å². The van der Waals surface area contributed by atoms with E-state index in [9.17, 15) is 0 Å². The Morgan fingerprint density at radius 3 is 2.13 bits per heavy atom. The van der Waals surface area contributed by atoms with Gasteiger partial charge in [0.15, 0.2) is 0 Å². The van der Waals surface area contributed by atoms with Gasteiger partial charge in [0, 0.05) is 42.5 Å². The monoisotopic (exact) mass is 723 g/mol. The topological polar surface area (TPSA) is 3.24 Å². The van der Waals surface area contributed by atoms with Crippen molar-refractivity contribution in [3.05, 3.63) is 175 Å². The lowest BCUT2D eigenvalue weighted by Crippen LogP contribution is -2.62. The second-order valence-corrected chi connectivity index (χ2v) is 18.4. The predicted molar refractivity (Wildman–Crippen MR) is 231 cm³/mol. The number of nitrogens with zero attached hydrogens (tertiary/aromatic N) is 1. The van der Waals surface area contributed by atoms with Gasteiger partial charge in [-0.15, -0.1) is 11.3 Å². The molecule has 6 aliphatic rings. The fourth-order valence-electron chi connectivity index (χ4n) is 13.4. The van der Waals surface area contributed by atoms with E-state index in [1.807, 2.05) is 11.3 Å². The van der Waals surface area contributed by atoms with Gasteiger partial charge in [-0.05, 0) is 143 Å². The molecule has 1 heterocycles. The SMILES string of the molecule is c1ccc(-c2ccccc2N(c2ccc(-c3ccc4c(c3)-c3ccccc3C43C4CC5CC6CC3(C5)C6C4)cc2)c2ccc3c(c2)sc2ccccc23)cc1. The van der Waals surface area contributed by atoms with Crippen LogP contribution in [0.3, 0.4) is 0 Å². The van der Waals surface area contributed by atoms with Gasteiger partial charge in [0.05, 0.1) is 5.69 Å². The molecule has 2 heteroatoms. The summed E-state index contributed by atoms with van der Waals surface area (Å²) < 4.78 is 2.64. The maximum absolute atomic E-state index is 2.58. The summed E-state index contributed by atoms with van der Waals surface area (Å²) in [5.41, 5.74) is 15.6. The van der Waals surface area contributed by atoms with Crippen molar-refractivity contribution in [2.24, 2.45) is 29.1 Å². The van der Waals surface area contributed by atoms with Gasteiger partial charge in [-0.25, -0.2) is 0 Å². The Morgan fingerprint density at radius 1 is 0.491 bits per heavy atom. The van der Waals surface area contributed by atoms with E-state index < -0.39 is 0 Å². The van der Waals surface area contributed by atoms with Gasteiger partial charge >= 0.3 is 0 Å². The molecule has 7 aromatic carbocycles. The van der Waals surface area contributed by atoms with Gasteiger partial charge in [-0.1, -0.05) is 121 Å². The van der Waals surface area contributed by atoms with Crippen LogP contribution in [0.2, 0.25) is 0 Å². The van der Waals surface area contributed by atoms with Crippen LogP contribution in [0.25, 0.3) is 53.6 Å². The molecular weight excluding hydrogens is 683 g/mol. The Morgan fingerprint density at radius 2 is 1.22 bits per heavy atom. The highest BCUT2D eigenvalue weighted by Crippen LogP contribution is 2.84. The lowest BCUT2D eigenvalue weighted by Gasteiger charge is -2.67. The van der Waals surface area contributed by atoms with Crippen LogP contribution >= 0.6 is 11.3 Å². The predicted octanol–water partition coefficient (Wildman–Crippen LogP) is 14.6. The van der Waals surface area contributed by atoms with Gasteiger partial charge in [0.1, 0.15) is 0 Å². The number of thiophene rings is 1. The van der Waals surface area contributed by atoms with Crippen LogP contribution in [0, 0.1) is 29.1 Å². The molecule has 0 amide bonds. The first-order valence-electron chi connectivity index (χ1n) is 20.4. The van der Waals surface area contributed by atoms with Crippen LogP contribution in [0.4, 0.5) is 17.1 Å². The van der Waals surface area contributed by atoms with E-state index in [1.165, 1.54) is 97.0 Å². The van der Waals surface area contributed by atoms with Crippen molar-refractivity contribution >= 4 is 48.6 Å². The van der Waals surface area contributed by atoms with Crippen molar-refractivity contribution in [1.82, 2.24) is 0 Å². The molecule has 0 radical (unpaired) electrons. The maximum Gasteiger partial charge on any atom is 0.0540 e. The number of fused-ring (bicyclic) bond motifs is 6. The first kappa shape index (κ1) is 30.8. The molecule has 4 bridgehead atoms. The summed E-state index contributed by atoms with van der Waals surface area (Å²) in [5.74, 6) is 3.70. The van der Waals surface area contributed by atoms with Gasteiger partial charge < -0.3 is 4.90 Å². The summed E-state index contributed by atoms with van der Waals surface area (Å²) >= 11 is 1.88. The molecule has 5 fully saturated rings. The lowest BCUT2D eigenvalue weighted by molar-refractivity contribution is -0.140. The molecule has 1 aromatic heterocycles. The number of hydrogen-bond donors (Lipinski definition) is 0. The molecule has 5 saturated carbocycles. The highest BCUT2D eigenvalue weighted by atomic mass is 32.1. The summed E-state index contributed by atoms with van der Waals surface area (Å²) in [6, 6.07) is 62.0. The summed E-state index contributed by atoms with van der Waals surface area (Å²) in [7, 11) is 0. The molecule has 1 nitrogen and oxygen atoms in total. The molecule has 6 unspecified atom stereocenters. The third-order valence-electron chi connectivity index (χ3n) is 15.1. The molecule has 55 heavy (non-hydrogen) atoms. The molecule has 8 aromatic rings. The highest BCUT2D eigenvalue weighted by molar-refractivity contribution is 7.25. The highest BCUT2D eigenvalue weighted by Gasteiger charge is 2.78. The number of hydrogen-bond acceptors (Lipinski definition) is 2. The zero-order chi connectivity index (χ0) is 35.9. The Balaban J connectivity index is 0.933. The molecule has 0 aliphatic heterocycles. The van der Waals surface area contributed by atoms with Crippen LogP contribution in [0.15, 0.2) is 164 Å². The minimum absolute atomic E-state index is 0.224. The Kier molecular flexibility index (Phi) is 6.21. The molecular formula is C53H41NS. The largest absolute Gasteiger partial charge is 0.310 e. The van der Waals surface area contributed by atoms with Gasteiger partial charge in [0.25, 0.3) is 0 Å². The van der Waals surface area contributed by atoms with E-state index in [0.717, 1.165) is 29.4 Å². The Hall–Kier alpha value is -5.44. The van der Waals surface area contributed by atoms with Crippen molar-refractivity contribution in [2.45, 2.75) is 37.5 Å². The maximum atomic E-state index is 2.58. The first-order chi connectivity index (χ1) is 27.2. The normalized spacial score (nSPS) is 26.3. The van der Waals surface area contributed by atoms with E-state index in [4.69, 9.17) is 0 Å². The van der Waals surface area contributed by atoms with Gasteiger partial charge in [-0.2, -0.15) is 0 Å². The van der Waals surface area contributed by atoms with Crippen LogP contribution in [-0.4, -0.2) is 0 Å². The van der Waals surface area contributed by atoms with Crippen molar-refractivity contribution in [1.29, 1.82) is 0 Å². The number of anilines is 3. The minimum atomic E-state index is 0.224. The smallest absolute Gasteiger partial charge is 0.0540 e. The number of rotatable bonds is 5. The van der Waals surface area contributed by atoms with E-state index >= 15 is 0 Å².